The summed E-state index contributed by atoms with van der Waals surface area (Å²) in [5, 5.41) is 9.61. The predicted molar refractivity (Wildman–Crippen MR) is 165 cm³/mol. The number of hydrogen-bond acceptors (Lipinski definition) is 5. The first-order valence-corrected chi connectivity index (χ1v) is 14.4. The summed E-state index contributed by atoms with van der Waals surface area (Å²) in [6.07, 6.45) is 2.52. The van der Waals surface area contributed by atoms with Gasteiger partial charge in [-0.15, -0.1) is 0 Å². The van der Waals surface area contributed by atoms with Crippen LogP contribution >= 0.6 is 0 Å². The van der Waals surface area contributed by atoms with Gasteiger partial charge in [-0.25, -0.2) is 0 Å². The Hall–Kier alpha value is -4.17. The molecular formula is C33H39N5O3. The molecule has 0 unspecified atom stereocenters. The molecule has 2 aliphatic heterocycles. The molecule has 2 heterocycles. The van der Waals surface area contributed by atoms with Gasteiger partial charge < -0.3 is 25.8 Å². The normalized spacial score (nSPS) is 19.3. The third-order valence-electron chi connectivity index (χ3n) is 8.12. The van der Waals surface area contributed by atoms with E-state index < -0.39 is 0 Å². The average molecular weight is 554 g/mol. The molecule has 41 heavy (non-hydrogen) atoms. The van der Waals surface area contributed by atoms with Crippen molar-refractivity contribution in [3.63, 3.8) is 0 Å². The highest BCUT2D eigenvalue weighted by Crippen LogP contribution is 2.41. The zero-order valence-electron chi connectivity index (χ0n) is 24.2. The fourth-order valence-corrected chi connectivity index (χ4v) is 6.01. The first-order valence-electron chi connectivity index (χ1n) is 14.4. The van der Waals surface area contributed by atoms with Gasteiger partial charge in [0.15, 0.2) is 0 Å². The molecule has 2 aliphatic rings. The Morgan fingerprint density at radius 3 is 2.17 bits per heavy atom. The number of nitrogens with one attached hydrogen (secondary N) is 3. The van der Waals surface area contributed by atoms with Crippen LogP contribution in [0.1, 0.15) is 51.6 Å². The topological polar surface area (TPSA) is 93.8 Å². The molecule has 3 amide bonds. The monoisotopic (exact) mass is 553 g/mol. The molecule has 0 aliphatic carbocycles. The Kier molecular flexibility index (Phi) is 8.40. The highest BCUT2D eigenvalue weighted by molar-refractivity contribution is 5.95. The van der Waals surface area contributed by atoms with Crippen LogP contribution in [0.25, 0.3) is 11.1 Å². The lowest BCUT2D eigenvalue weighted by Gasteiger charge is -2.39. The van der Waals surface area contributed by atoms with Crippen molar-refractivity contribution in [1.29, 1.82) is 0 Å². The van der Waals surface area contributed by atoms with Crippen molar-refractivity contribution in [2.24, 2.45) is 5.92 Å². The van der Waals surface area contributed by atoms with Crippen LogP contribution in [0.3, 0.4) is 0 Å². The van der Waals surface area contributed by atoms with Crippen molar-refractivity contribution >= 4 is 40.5 Å². The van der Waals surface area contributed by atoms with Crippen molar-refractivity contribution in [3.05, 3.63) is 72.3 Å². The number of carbonyl (C=O) groups is 3. The van der Waals surface area contributed by atoms with Gasteiger partial charge >= 0.3 is 0 Å². The molecule has 0 aromatic heterocycles. The lowest BCUT2D eigenvalue weighted by Crippen LogP contribution is -2.43. The first kappa shape index (κ1) is 28.4. The van der Waals surface area contributed by atoms with Crippen LogP contribution in [0.15, 0.2) is 66.7 Å². The number of anilines is 4. The molecule has 0 saturated carbocycles. The maximum atomic E-state index is 12.8. The quantitative estimate of drug-likeness (QED) is 0.354. The zero-order chi connectivity index (χ0) is 29.1. The van der Waals surface area contributed by atoms with Gasteiger partial charge in [0.1, 0.15) is 0 Å². The van der Waals surface area contributed by atoms with Crippen molar-refractivity contribution in [2.45, 2.75) is 52.1 Å². The van der Waals surface area contributed by atoms with Gasteiger partial charge in [-0.1, -0.05) is 18.2 Å². The van der Waals surface area contributed by atoms with E-state index in [1.54, 1.807) is 6.92 Å². The fraction of sp³-hybridized carbons (Fsp3) is 0.364. The third-order valence-corrected chi connectivity index (χ3v) is 8.12. The highest BCUT2D eigenvalue weighted by atomic mass is 16.2. The number of benzene rings is 3. The van der Waals surface area contributed by atoms with Gasteiger partial charge in [-0.2, -0.15) is 0 Å². The first-order chi connectivity index (χ1) is 19.7. The van der Waals surface area contributed by atoms with Gasteiger partial charge in [0, 0.05) is 48.6 Å². The van der Waals surface area contributed by atoms with Gasteiger partial charge in [0.05, 0.1) is 6.04 Å². The maximum Gasteiger partial charge on any atom is 0.227 e. The van der Waals surface area contributed by atoms with Gasteiger partial charge in [0.25, 0.3) is 0 Å². The minimum absolute atomic E-state index is 0.0160. The molecular weight excluding hydrogens is 514 g/mol. The summed E-state index contributed by atoms with van der Waals surface area (Å²) in [4.78, 5) is 41.1. The van der Waals surface area contributed by atoms with E-state index >= 15 is 0 Å². The van der Waals surface area contributed by atoms with E-state index in [0.717, 1.165) is 71.8 Å². The largest absolute Gasteiger partial charge is 0.378 e. The second kappa shape index (κ2) is 12.1. The minimum Gasteiger partial charge on any atom is -0.378 e. The summed E-state index contributed by atoms with van der Waals surface area (Å²) < 4.78 is 0. The Balaban J connectivity index is 1.37. The molecule has 0 radical (unpaired) electrons. The summed E-state index contributed by atoms with van der Waals surface area (Å²) in [5.41, 5.74) is 6.41. The lowest BCUT2D eigenvalue weighted by molar-refractivity contribution is -0.121. The molecule has 214 valence electrons. The van der Waals surface area contributed by atoms with Crippen LogP contribution < -0.4 is 20.9 Å². The van der Waals surface area contributed by atoms with E-state index in [0.29, 0.717) is 0 Å². The maximum absolute atomic E-state index is 12.8. The summed E-state index contributed by atoms with van der Waals surface area (Å²) in [6, 6.07) is 21.8. The molecule has 0 spiro atoms. The Bertz CT molecular complexity index is 1430. The number of piperidine rings is 1. The number of rotatable bonds is 6. The summed E-state index contributed by atoms with van der Waals surface area (Å²) in [6.45, 7) is 7.08. The second-order valence-electron chi connectivity index (χ2n) is 11.4. The number of nitrogens with zero attached hydrogens (tertiary/aromatic N) is 2. The summed E-state index contributed by atoms with van der Waals surface area (Å²) in [7, 11) is 2.09. The van der Waals surface area contributed by atoms with Crippen LogP contribution in [-0.4, -0.2) is 48.8 Å². The van der Waals surface area contributed by atoms with Crippen LogP contribution in [-0.2, 0) is 14.4 Å². The summed E-state index contributed by atoms with van der Waals surface area (Å²) >= 11 is 0. The predicted octanol–water partition coefficient (Wildman–Crippen LogP) is 5.89. The Labute approximate surface area is 242 Å². The van der Waals surface area contributed by atoms with Gasteiger partial charge in [-0.3, -0.25) is 14.4 Å². The molecule has 0 bridgehead atoms. The number of hydrogen-bond donors (Lipinski definition) is 3. The van der Waals surface area contributed by atoms with Crippen molar-refractivity contribution in [1.82, 2.24) is 4.90 Å². The minimum atomic E-state index is -0.115. The molecule has 3 aromatic carbocycles. The van der Waals surface area contributed by atoms with E-state index in [4.69, 9.17) is 0 Å². The lowest BCUT2D eigenvalue weighted by atomic mass is 9.88. The van der Waals surface area contributed by atoms with Crippen LogP contribution in [0.2, 0.25) is 0 Å². The molecule has 5 rings (SSSR count). The molecule has 3 N–H and O–H groups in total. The average Bonchev–Trinajstić information content (AvgIpc) is 2.94. The molecule has 1 saturated heterocycles. The number of likely N-dealkylation sites (tertiary alicyclic amines) is 1. The van der Waals surface area contributed by atoms with Crippen molar-refractivity contribution < 1.29 is 14.4 Å². The fourth-order valence-electron chi connectivity index (χ4n) is 6.01. The van der Waals surface area contributed by atoms with Crippen LogP contribution in [0.4, 0.5) is 22.7 Å². The molecule has 8 nitrogen and oxygen atoms in total. The van der Waals surface area contributed by atoms with Crippen LogP contribution in [0, 0.1) is 5.92 Å². The summed E-state index contributed by atoms with van der Waals surface area (Å²) in [5.74, 6) is 0.0486. The molecule has 1 fully saturated rings. The van der Waals surface area contributed by atoms with E-state index in [-0.39, 0.29) is 35.7 Å². The van der Waals surface area contributed by atoms with E-state index in [9.17, 15) is 14.4 Å². The number of fused-ring (bicyclic) bond motifs is 1. The molecule has 8 heteroatoms. The zero-order valence-corrected chi connectivity index (χ0v) is 24.2. The smallest absolute Gasteiger partial charge is 0.227 e. The van der Waals surface area contributed by atoms with Crippen LogP contribution in [0.5, 0.6) is 0 Å². The van der Waals surface area contributed by atoms with E-state index in [2.05, 4.69) is 40.9 Å². The number of amides is 3. The SMILES string of the molecule is CC(=O)Nc1cccc(-c2ccc3c(c2)[C@H](Nc2ccc(NC(=O)C4CCN(C)CC4)cc2)C[C@H](C)N3C(C)=O)c1. The van der Waals surface area contributed by atoms with Crippen molar-refractivity contribution in [3.8, 4) is 11.1 Å². The number of carbonyl (C=O) groups excluding carboxylic acids is 3. The van der Waals surface area contributed by atoms with Crippen molar-refractivity contribution in [2.75, 3.05) is 41.0 Å². The molecule has 2 atom stereocenters. The Morgan fingerprint density at radius 1 is 0.805 bits per heavy atom. The third kappa shape index (κ3) is 6.60. The van der Waals surface area contributed by atoms with Gasteiger partial charge in [0.2, 0.25) is 17.7 Å². The second-order valence-corrected chi connectivity index (χ2v) is 11.4. The van der Waals surface area contributed by atoms with Gasteiger partial charge in [-0.05, 0) is 112 Å². The van der Waals surface area contributed by atoms with E-state index in [1.165, 1.54) is 6.92 Å². The molecule has 3 aromatic rings. The highest BCUT2D eigenvalue weighted by Gasteiger charge is 2.33. The standard InChI is InChI=1S/C33H39N5O3/c1-21-18-31(35-27-9-11-28(12-10-27)36-33(41)24-14-16-37(4)17-15-24)30-20-26(8-13-32(30)38(21)23(3)40)25-6-5-7-29(19-25)34-22(2)39/h5-13,19-21,24,31,35H,14-18H2,1-4H3,(H,34,39)(H,36,41)/t21-,31+/m0/s1. The van der Waals surface area contributed by atoms with E-state index in [1.807, 2.05) is 65.6 Å². The Morgan fingerprint density at radius 2 is 1.49 bits per heavy atom.